The SMILES string of the molecule is CCCNC(C)CCOC1CCCC1. The molecule has 1 fully saturated rings. The molecule has 14 heavy (non-hydrogen) atoms. The summed E-state index contributed by atoms with van der Waals surface area (Å²) in [4.78, 5) is 0. The molecule has 2 nitrogen and oxygen atoms in total. The molecule has 0 aliphatic heterocycles. The van der Waals surface area contributed by atoms with Crippen molar-refractivity contribution in [1.29, 1.82) is 0 Å². The topological polar surface area (TPSA) is 21.3 Å². The molecule has 0 radical (unpaired) electrons. The van der Waals surface area contributed by atoms with E-state index in [0.717, 1.165) is 19.6 Å². The van der Waals surface area contributed by atoms with Gasteiger partial charge in [-0.15, -0.1) is 0 Å². The zero-order valence-electron chi connectivity index (χ0n) is 9.72. The lowest BCUT2D eigenvalue weighted by Gasteiger charge is -2.15. The van der Waals surface area contributed by atoms with Crippen molar-refractivity contribution in [2.24, 2.45) is 0 Å². The van der Waals surface area contributed by atoms with Crippen molar-refractivity contribution in [3.8, 4) is 0 Å². The van der Waals surface area contributed by atoms with E-state index >= 15 is 0 Å². The summed E-state index contributed by atoms with van der Waals surface area (Å²) in [5, 5.41) is 3.48. The highest BCUT2D eigenvalue weighted by atomic mass is 16.5. The number of ether oxygens (including phenoxy) is 1. The second-order valence-corrected chi connectivity index (χ2v) is 4.42. The Labute approximate surface area is 88.4 Å². The number of hydrogen-bond donors (Lipinski definition) is 1. The van der Waals surface area contributed by atoms with E-state index in [0.29, 0.717) is 12.1 Å². The van der Waals surface area contributed by atoms with Crippen molar-refractivity contribution in [1.82, 2.24) is 5.32 Å². The third kappa shape index (κ3) is 4.97. The minimum Gasteiger partial charge on any atom is -0.378 e. The monoisotopic (exact) mass is 199 g/mol. The Morgan fingerprint density at radius 2 is 2.07 bits per heavy atom. The van der Waals surface area contributed by atoms with Gasteiger partial charge in [0.1, 0.15) is 0 Å². The summed E-state index contributed by atoms with van der Waals surface area (Å²) in [6.07, 6.45) is 8.26. The molecule has 1 rings (SSSR count). The van der Waals surface area contributed by atoms with Crippen molar-refractivity contribution in [3.63, 3.8) is 0 Å². The molecule has 1 aliphatic rings. The van der Waals surface area contributed by atoms with E-state index in [1.165, 1.54) is 32.1 Å². The van der Waals surface area contributed by atoms with Crippen LogP contribution in [0.25, 0.3) is 0 Å². The summed E-state index contributed by atoms with van der Waals surface area (Å²) in [6, 6.07) is 0.608. The van der Waals surface area contributed by atoms with Crippen LogP contribution < -0.4 is 5.32 Å². The first kappa shape index (κ1) is 12.0. The van der Waals surface area contributed by atoms with E-state index in [4.69, 9.17) is 4.74 Å². The van der Waals surface area contributed by atoms with Crippen molar-refractivity contribution in [2.45, 2.75) is 64.5 Å². The van der Waals surface area contributed by atoms with Crippen LogP contribution in [0.15, 0.2) is 0 Å². The van der Waals surface area contributed by atoms with Crippen molar-refractivity contribution >= 4 is 0 Å². The summed E-state index contributed by atoms with van der Waals surface area (Å²) in [6.45, 7) is 6.51. The molecule has 1 N–H and O–H groups in total. The highest BCUT2D eigenvalue weighted by Crippen LogP contribution is 2.20. The van der Waals surface area contributed by atoms with Crippen molar-refractivity contribution < 1.29 is 4.74 Å². The van der Waals surface area contributed by atoms with Crippen molar-refractivity contribution in [2.75, 3.05) is 13.2 Å². The molecule has 1 saturated carbocycles. The van der Waals surface area contributed by atoms with Crippen LogP contribution in [0, 0.1) is 0 Å². The van der Waals surface area contributed by atoms with E-state index in [1.807, 2.05) is 0 Å². The molecule has 0 heterocycles. The number of hydrogen-bond acceptors (Lipinski definition) is 2. The molecule has 84 valence electrons. The average Bonchev–Trinajstić information content (AvgIpc) is 2.67. The van der Waals surface area contributed by atoms with Gasteiger partial charge in [-0.1, -0.05) is 19.8 Å². The molecular weight excluding hydrogens is 174 g/mol. The molecule has 2 heteroatoms. The maximum Gasteiger partial charge on any atom is 0.0575 e. The Morgan fingerprint density at radius 3 is 2.71 bits per heavy atom. The Hall–Kier alpha value is -0.0800. The van der Waals surface area contributed by atoms with Gasteiger partial charge in [0.2, 0.25) is 0 Å². The van der Waals surface area contributed by atoms with Crippen LogP contribution in [0.2, 0.25) is 0 Å². The van der Waals surface area contributed by atoms with Gasteiger partial charge in [0, 0.05) is 12.6 Å². The van der Waals surface area contributed by atoms with E-state index in [-0.39, 0.29) is 0 Å². The van der Waals surface area contributed by atoms with Gasteiger partial charge < -0.3 is 10.1 Å². The van der Waals surface area contributed by atoms with Gasteiger partial charge in [0.15, 0.2) is 0 Å². The fraction of sp³-hybridized carbons (Fsp3) is 1.00. The van der Waals surface area contributed by atoms with Gasteiger partial charge in [-0.2, -0.15) is 0 Å². The first-order valence-corrected chi connectivity index (χ1v) is 6.18. The number of rotatable bonds is 7. The first-order valence-electron chi connectivity index (χ1n) is 6.18. The highest BCUT2D eigenvalue weighted by Gasteiger charge is 2.15. The standard InChI is InChI=1S/C12H25NO/c1-3-9-13-11(2)8-10-14-12-6-4-5-7-12/h11-13H,3-10H2,1-2H3. The second-order valence-electron chi connectivity index (χ2n) is 4.42. The van der Waals surface area contributed by atoms with Gasteiger partial charge >= 0.3 is 0 Å². The van der Waals surface area contributed by atoms with E-state index in [9.17, 15) is 0 Å². The zero-order chi connectivity index (χ0) is 10.2. The third-order valence-electron chi connectivity index (χ3n) is 2.95. The Balaban J connectivity index is 1.91. The maximum atomic E-state index is 5.81. The minimum absolute atomic E-state index is 0.577. The van der Waals surface area contributed by atoms with E-state index in [1.54, 1.807) is 0 Å². The summed E-state index contributed by atoms with van der Waals surface area (Å²) in [7, 11) is 0. The molecule has 0 aromatic carbocycles. The molecule has 1 atom stereocenters. The molecular formula is C12H25NO. The molecule has 0 saturated heterocycles. The van der Waals surface area contributed by atoms with Crippen LogP contribution in [0.4, 0.5) is 0 Å². The van der Waals surface area contributed by atoms with Gasteiger partial charge in [0.25, 0.3) is 0 Å². The molecule has 0 spiro atoms. The van der Waals surface area contributed by atoms with Gasteiger partial charge in [-0.3, -0.25) is 0 Å². The van der Waals surface area contributed by atoms with E-state index in [2.05, 4.69) is 19.2 Å². The second kappa shape index (κ2) is 7.24. The lowest BCUT2D eigenvalue weighted by molar-refractivity contribution is 0.0529. The lowest BCUT2D eigenvalue weighted by atomic mass is 10.2. The molecule has 0 aromatic heterocycles. The zero-order valence-corrected chi connectivity index (χ0v) is 9.72. The average molecular weight is 199 g/mol. The predicted molar refractivity (Wildman–Crippen MR) is 60.6 cm³/mol. The van der Waals surface area contributed by atoms with E-state index < -0.39 is 0 Å². The van der Waals surface area contributed by atoms with Crippen LogP contribution in [0.1, 0.15) is 52.4 Å². The predicted octanol–water partition coefficient (Wildman–Crippen LogP) is 2.72. The Kier molecular flexibility index (Phi) is 6.20. The van der Waals surface area contributed by atoms with Gasteiger partial charge in [-0.25, -0.2) is 0 Å². The van der Waals surface area contributed by atoms with Gasteiger partial charge in [-0.05, 0) is 39.2 Å². The Morgan fingerprint density at radius 1 is 1.36 bits per heavy atom. The number of nitrogens with one attached hydrogen (secondary N) is 1. The maximum absolute atomic E-state index is 5.81. The summed E-state index contributed by atoms with van der Waals surface area (Å²) >= 11 is 0. The fourth-order valence-electron chi connectivity index (χ4n) is 1.96. The molecule has 0 aromatic rings. The highest BCUT2D eigenvalue weighted by molar-refractivity contribution is 4.67. The molecule has 1 unspecified atom stereocenters. The lowest BCUT2D eigenvalue weighted by Crippen LogP contribution is -2.28. The van der Waals surface area contributed by atoms with Crippen molar-refractivity contribution in [3.05, 3.63) is 0 Å². The van der Waals surface area contributed by atoms with Crippen LogP contribution in [0.5, 0.6) is 0 Å². The summed E-state index contributed by atoms with van der Waals surface area (Å²) in [5.41, 5.74) is 0. The summed E-state index contributed by atoms with van der Waals surface area (Å²) < 4.78 is 5.81. The smallest absolute Gasteiger partial charge is 0.0575 e. The van der Waals surface area contributed by atoms with Crippen LogP contribution >= 0.6 is 0 Å². The quantitative estimate of drug-likeness (QED) is 0.680. The molecule has 0 amide bonds. The van der Waals surface area contributed by atoms with Crippen LogP contribution in [0.3, 0.4) is 0 Å². The fourth-order valence-corrected chi connectivity index (χ4v) is 1.96. The largest absolute Gasteiger partial charge is 0.378 e. The van der Waals surface area contributed by atoms with Crippen LogP contribution in [-0.4, -0.2) is 25.3 Å². The minimum atomic E-state index is 0.577. The van der Waals surface area contributed by atoms with Gasteiger partial charge in [0.05, 0.1) is 6.10 Å². The third-order valence-corrected chi connectivity index (χ3v) is 2.95. The molecule has 0 bridgehead atoms. The Bertz CT molecular complexity index is 132. The first-order chi connectivity index (χ1) is 6.83. The normalized spacial score (nSPS) is 20.1. The van der Waals surface area contributed by atoms with Crippen LogP contribution in [-0.2, 0) is 4.74 Å². The molecule has 1 aliphatic carbocycles. The summed E-state index contributed by atoms with van der Waals surface area (Å²) in [5.74, 6) is 0.